The molecule has 0 aliphatic heterocycles. The van der Waals surface area contributed by atoms with E-state index in [1.165, 1.54) is 6.20 Å². The van der Waals surface area contributed by atoms with Gasteiger partial charge in [-0.3, -0.25) is 4.79 Å². The zero-order chi connectivity index (χ0) is 16.8. The summed E-state index contributed by atoms with van der Waals surface area (Å²) < 4.78 is 7.31. The molecule has 0 fully saturated rings. The summed E-state index contributed by atoms with van der Waals surface area (Å²) in [6.45, 7) is 0.122. The second kappa shape index (κ2) is 7.28. The van der Waals surface area contributed by atoms with Crippen molar-refractivity contribution in [1.82, 2.24) is 0 Å². The van der Waals surface area contributed by atoms with E-state index in [1.807, 2.05) is 30.3 Å². The van der Waals surface area contributed by atoms with Crippen molar-refractivity contribution in [2.45, 2.75) is 6.54 Å². The second-order valence-electron chi connectivity index (χ2n) is 5.22. The van der Waals surface area contributed by atoms with Crippen molar-refractivity contribution in [2.24, 2.45) is 0 Å². The lowest BCUT2D eigenvalue weighted by atomic mass is 10.3. The number of aromatic nitrogens is 1. The number of aromatic hydroxyl groups is 1. The van der Waals surface area contributed by atoms with Crippen LogP contribution in [-0.2, 0) is 11.3 Å². The number of hydrogen-bond acceptors (Lipinski definition) is 3. The van der Waals surface area contributed by atoms with Gasteiger partial charge in [0, 0.05) is 11.8 Å². The Balaban J connectivity index is 1.58. The van der Waals surface area contributed by atoms with Gasteiger partial charge in [-0.15, -0.1) is 0 Å². The number of para-hydroxylation sites is 1. The van der Waals surface area contributed by atoms with Gasteiger partial charge in [0.15, 0.2) is 11.9 Å². The Labute approximate surface area is 139 Å². The molecule has 0 radical (unpaired) electrons. The van der Waals surface area contributed by atoms with E-state index in [-0.39, 0.29) is 18.2 Å². The summed E-state index contributed by atoms with van der Waals surface area (Å²) in [5, 5.41) is 12.2. The fourth-order valence-electron chi connectivity index (χ4n) is 2.20. The second-order valence-corrected chi connectivity index (χ2v) is 5.22. The molecule has 0 spiro atoms. The lowest BCUT2D eigenvalue weighted by Crippen LogP contribution is -2.39. The highest BCUT2D eigenvalue weighted by Crippen LogP contribution is 2.22. The minimum atomic E-state index is -0.178. The molecule has 0 aliphatic carbocycles. The van der Waals surface area contributed by atoms with Crippen LogP contribution in [-0.4, -0.2) is 11.0 Å². The number of hydrogen-bond donors (Lipinski definition) is 2. The van der Waals surface area contributed by atoms with Gasteiger partial charge < -0.3 is 15.2 Å². The van der Waals surface area contributed by atoms with Gasteiger partial charge in [0.1, 0.15) is 11.5 Å². The summed E-state index contributed by atoms with van der Waals surface area (Å²) in [4.78, 5) is 12.0. The van der Waals surface area contributed by atoms with Crippen LogP contribution in [0.1, 0.15) is 0 Å². The van der Waals surface area contributed by atoms with Crippen molar-refractivity contribution in [2.75, 3.05) is 5.32 Å². The molecule has 2 aromatic carbocycles. The minimum Gasteiger partial charge on any atom is -0.503 e. The topological polar surface area (TPSA) is 62.4 Å². The highest BCUT2D eigenvalue weighted by Gasteiger charge is 2.10. The molecule has 120 valence electrons. The highest BCUT2D eigenvalue weighted by atomic mass is 16.5. The van der Waals surface area contributed by atoms with Gasteiger partial charge >= 0.3 is 0 Å². The van der Waals surface area contributed by atoms with Crippen LogP contribution in [0.2, 0.25) is 0 Å². The SMILES string of the molecule is O=C(C[n+]1cccc(O)c1)Nc1ccc(Oc2ccccc2)cc1. The number of amides is 1. The molecule has 0 saturated heterocycles. The number of pyridine rings is 1. The third-order valence-corrected chi connectivity index (χ3v) is 3.29. The van der Waals surface area contributed by atoms with Crippen LogP contribution < -0.4 is 14.6 Å². The normalized spacial score (nSPS) is 10.2. The molecule has 3 aromatic rings. The number of anilines is 1. The Kier molecular flexibility index (Phi) is 4.72. The maximum Gasteiger partial charge on any atom is 0.290 e. The summed E-state index contributed by atoms with van der Waals surface area (Å²) in [5.41, 5.74) is 0.682. The fraction of sp³-hybridized carbons (Fsp3) is 0.0526. The molecule has 0 atom stereocenters. The Morgan fingerprint density at radius 3 is 2.38 bits per heavy atom. The number of nitrogens with one attached hydrogen (secondary N) is 1. The first kappa shape index (κ1) is 15.6. The first-order valence-corrected chi connectivity index (χ1v) is 7.50. The van der Waals surface area contributed by atoms with Gasteiger partial charge in [-0.05, 0) is 42.5 Å². The van der Waals surface area contributed by atoms with Gasteiger partial charge in [-0.1, -0.05) is 18.2 Å². The van der Waals surface area contributed by atoms with E-state index >= 15 is 0 Å². The predicted octanol–water partition coefficient (Wildman–Crippen LogP) is 3.11. The molecule has 5 heteroatoms. The zero-order valence-corrected chi connectivity index (χ0v) is 12.9. The Morgan fingerprint density at radius 1 is 0.958 bits per heavy atom. The van der Waals surface area contributed by atoms with Crippen LogP contribution in [0.3, 0.4) is 0 Å². The summed E-state index contributed by atoms with van der Waals surface area (Å²) in [5.74, 6) is 1.39. The van der Waals surface area contributed by atoms with Crippen LogP contribution >= 0.6 is 0 Å². The van der Waals surface area contributed by atoms with Crippen molar-refractivity contribution >= 4 is 11.6 Å². The van der Waals surface area contributed by atoms with Crippen molar-refractivity contribution in [1.29, 1.82) is 0 Å². The Bertz CT molecular complexity index is 818. The van der Waals surface area contributed by atoms with Gasteiger partial charge in [0.05, 0.1) is 0 Å². The number of rotatable bonds is 5. The number of carbonyl (C=O) groups excluding carboxylic acids is 1. The van der Waals surface area contributed by atoms with Gasteiger partial charge in [-0.2, -0.15) is 4.57 Å². The number of carbonyl (C=O) groups is 1. The first-order valence-electron chi connectivity index (χ1n) is 7.50. The molecule has 1 aromatic heterocycles. The molecular weight excluding hydrogens is 304 g/mol. The zero-order valence-electron chi connectivity index (χ0n) is 12.9. The quantitative estimate of drug-likeness (QED) is 0.710. The molecule has 2 N–H and O–H groups in total. The maximum atomic E-state index is 12.0. The largest absolute Gasteiger partial charge is 0.503 e. The van der Waals surface area contributed by atoms with Crippen LogP contribution in [0, 0.1) is 0 Å². The van der Waals surface area contributed by atoms with Gasteiger partial charge in [-0.25, -0.2) is 0 Å². The summed E-state index contributed by atoms with van der Waals surface area (Å²) >= 11 is 0. The van der Waals surface area contributed by atoms with E-state index in [1.54, 1.807) is 47.2 Å². The molecule has 0 aliphatic rings. The molecule has 0 saturated carbocycles. The van der Waals surface area contributed by atoms with E-state index in [0.717, 1.165) is 5.75 Å². The van der Waals surface area contributed by atoms with E-state index in [2.05, 4.69) is 5.32 Å². The minimum absolute atomic E-state index is 0.118. The predicted molar refractivity (Wildman–Crippen MR) is 89.9 cm³/mol. The third-order valence-electron chi connectivity index (χ3n) is 3.29. The standard InChI is InChI=1S/C19H16N2O3/c22-16-5-4-12-21(13-16)14-19(23)20-15-8-10-18(11-9-15)24-17-6-2-1-3-7-17/h1-13H,14H2,(H-,20,22,23)/p+1. The van der Waals surface area contributed by atoms with Crippen molar-refractivity contribution in [3.05, 3.63) is 79.1 Å². The van der Waals surface area contributed by atoms with Crippen molar-refractivity contribution in [3.8, 4) is 17.2 Å². The van der Waals surface area contributed by atoms with Gasteiger partial charge in [0.2, 0.25) is 12.7 Å². The molecule has 0 unspecified atom stereocenters. The van der Waals surface area contributed by atoms with E-state index in [9.17, 15) is 9.90 Å². The maximum absolute atomic E-state index is 12.0. The molecule has 3 rings (SSSR count). The van der Waals surface area contributed by atoms with Crippen LogP contribution in [0.4, 0.5) is 5.69 Å². The van der Waals surface area contributed by atoms with Crippen molar-refractivity contribution < 1.29 is 19.2 Å². The fourth-order valence-corrected chi connectivity index (χ4v) is 2.20. The smallest absolute Gasteiger partial charge is 0.290 e. The monoisotopic (exact) mass is 321 g/mol. The average Bonchev–Trinajstić information content (AvgIpc) is 2.57. The van der Waals surface area contributed by atoms with Crippen LogP contribution in [0.5, 0.6) is 17.2 Å². The van der Waals surface area contributed by atoms with Crippen LogP contribution in [0.15, 0.2) is 79.1 Å². The molecule has 1 heterocycles. The van der Waals surface area contributed by atoms with E-state index in [0.29, 0.717) is 11.4 Å². The first-order chi connectivity index (χ1) is 11.7. The summed E-state index contributed by atoms with van der Waals surface area (Å²) in [6, 6.07) is 19.9. The third kappa shape index (κ3) is 4.33. The van der Waals surface area contributed by atoms with E-state index in [4.69, 9.17) is 4.74 Å². The van der Waals surface area contributed by atoms with E-state index < -0.39 is 0 Å². The lowest BCUT2D eigenvalue weighted by molar-refractivity contribution is -0.684. The summed E-state index contributed by atoms with van der Waals surface area (Å²) in [6.07, 6.45) is 3.21. The molecular formula is C19H17N2O3+. The molecule has 1 amide bonds. The van der Waals surface area contributed by atoms with Crippen molar-refractivity contribution in [3.63, 3.8) is 0 Å². The Morgan fingerprint density at radius 2 is 1.67 bits per heavy atom. The van der Waals surface area contributed by atoms with Crippen LogP contribution in [0.25, 0.3) is 0 Å². The number of nitrogens with zero attached hydrogens (tertiary/aromatic N) is 1. The Hall–Kier alpha value is -3.34. The summed E-state index contributed by atoms with van der Waals surface area (Å²) in [7, 11) is 0. The molecule has 24 heavy (non-hydrogen) atoms. The van der Waals surface area contributed by atoms with Gasteiger partial charge in [0.25, 0.3) is 5.91 Å². The molecule has 0 bridgehead atoms. The lowest BCUT2D eigenvalue weighted by Gasteiger charge is -2.07. The highest BCUT2D eigenvalue weighted by molar-refractivity contribution is 5.89. The molecule has 5 nitrogen and oxygen atoms in total. The number of ether oxygens (including phenoxy) is 1. The number of benzene rings is 2. The average molecular weight is 321 g/mol.